The molecule has 0 fully saturated rings. The lowest BCUT2D eigenvalue weighted by Crippen LogP contribution is -2.36. The van der Waals surface area contributed by atoms with Crippen LogP contribution in [0.1, 0.15) is 26.1 Å². The van der Waals surface area contributed by atoms with Crippen LogP contribution < -0.4 is 16.0 Å². The minimum Gasteiger partial charge on any atom is -0.370 e. The summed E-state index contributed by atoms with van der Waals surface area (Å²) in [7, 11) is 2.00. The van der Waals surface area contributed by atoms with Crippen molar-refractivity contribution in [3.05, 3.63) is 11.9 Å². The van der Waals surface area contributed by atoms with E-state index in [1.165, 1.54) is 0 Å². The van der Waals surface area contributed by atoms with E-state index in [1.807, 2.05) is 20.0 Å². The quantitative estimate of drug-likeness (QED) is 0.782. The zero-order valence-electron chi connectivity index (χ0n) is 11.2. The highest BCUT2D eigenvalue weighted by molar-refractivity contribution is 5.49. The van der Waals surface area contributed by atoms with Crippen LogP contribution >= 0.6 is 0 Å². The molecule has 0 amide bonds. The monoisotopic (exact) mass is 237 g/mol. The summed E-state index contributed by atoms with van der Waals surface area (Å²) in [5, 5.41) is 3.28. The molecule has 3 N–H and O–H groups in total. The lowest BCUT2D eigenvalue weighted by Gasteiger charge is -2.25. The molecule has 0 saturated heterocycles. The molecule has 5 heteroatoms. The highest BCUT2D eigenvalue weighted by Crippen LogP contribution is 2.16. The van der Waals surface area contributed by atoms with E-state index in [-0.39, 0.29) is 6.04 Å². The molecule has 0 saturated carbocycles. The van der Waals surface area contributed by atoms with E-state index < -0.39 is 0 Å². The Kier molecular flexibility index (Phi) is 5.15. The summed E-state index contributed by atoms with van der Waals surface area (Å²) < 4.78 is 0. The first-order chi connectivity index (χ1) is 8.08. The number of hydrogen-bond donors (Lipinski definition) is 2. The van der Waals surface area contributed by atoms with Crippen LogP contribution in [-0.2, 0) is 0 Å². The Morgan fingerprint density at radius 2 is 2.18 bits per heavy atom. The van der Waals surface area contributed by atoms with Gasteiger partial charge in [-0.3, -0.25) is 0 Å². The van der Waals surface area contributed by atoms with Gasteiger partial charge in [0.05, 0.1) is 0 Å². The van der Waals surface area contributed by atoms with E-state index in [1.54, 1.807) is 0 Å². The predicted molar refractivity (Wildman–Crippen MR) is 72.5 cm³/mol. The van der Waals surface area contributed by atoms with Gasteiger partial charge in [0.1, 0.15) is 17.5 Å². The highest BCUT2D eigenvalue weighted by atomic mass is 15.2. The first kappa shape index (κ1) is 13.7. The smallest absolute Gasteiger partial charge is 0.134 e. The molecule has 0 aliphatic heterocycles. The second kappa shape index (κ2) is 6.39. The maximum Gasteiger partial charge on any atom is 0.134 e. The summed E-state index contributed by atoms with van der Waals surface area (Å²) in [6, 6.07) is 2.23. The van der Waals surface area contributed by atoms with Crippen LogP contribution in [0.5, 0.6) is 0 Å². The molecule has 0 aliphatic carbocycles. The largest absolute Gasteiger partial charge is 0.370 e. The number of rotatable bonds is 6. The third-order valence-electron chi connectivity index (χ3n) is 2.74. The minimum atomic E-state index is 0.267. The molecule has 1 unspecified atom stereocenters. The molecule has 0 aliphatic rings. The van der Waals surface area contributed by atoms with E-state index in [4.69, 9.17) is 5.73 Å². The first-order valence-electron chi connectivity index (χ1n) is 6.11. The molecular weight excluding hydrogens is 214 g/mol. The molecule has 0 spiro atoms. The average molecular weight is 237 g/mol. The number of aryl methyl sites for hydroxylation is 1. The Morgan fingerprint density at radius 1 is 1.47 bits per heavy atom. The van der Waals surface area contributed by atoms with Crippen LogP contribution in [-0.4, -0.2) is 36.1 Å². The molecule has 1 heterocycles. The molecule has 0 radical (unpaired) electrons. The molecule has 0 aromatic carbocycles. The number of likely N-dealkylation sites (N-methyl/N-ethyl adjacent to an activating group) is 1. The zero-order chi connectivity index (χ0) is 12.8. The van der Waals surface area contributed by atoms with Crippen molar-refractivity contribution in [3.63, 3.8) is 0 Å². The van der Waals surface area contributed by atoms with Crippen molar-refractivity contribution in [2.24, 2.45) is 5.73 Å². The molecule has 1 aromatic rings. The molecular formula is C12H23N5. The standard InChI is InChI=1S/C12H23N5/c1-5-6-14-11-7-12(16-10(3)15-11)17(4)9(2)8-13/h7,9H,5-6,8,13H2,1-4H3,(H,14,15,16). The number of hydrogen-bond acceptors (Lipinski definition) is 5. The van der Waals surface area contributed by atoms with Gasteiger partial charge >= 0.3 is 0 Å². The Balaban J connectivity index is 2.88. The number of anilines is 2. The fraction of sp³-hybridized carbons (Fsp3) is 0.667. The molecule has 1 rings (SSSR count). The average Bonchev–Trinajstić information content (AvgIpc) is 2.33. The van der Waals surface area contributed by atoms with Crippen molar-refractivity contribution >= 4 is 11.6 Å². The van der Waals surface area contributed by atoms with Gasteiger partial charge in [-0.1, -0.05) is 6.92 Å². The van der Waals surface area contributed by atoms with Crippen molar-refractivity contribution < 1.29 is 0 Å². The maximum atomic E-state index is 5.67. The fourth-order valence-electron chi connectivity index (χ4n) is 1.46. The number of aromatic nitrogens is 2. The molecule has 5 nitrogen and oxygen atoms in total. The van der Waals surface area contributed by atoms with Crippen LogP contribution in [0, 0.1) is 6.92 Å². The Morgan fingerprint density at radius 3 is 2.76 bits per heavy atom. The lowest BCUT2D eigenvalue weighted by atomic mass is 10.3. The number of nitrogens with zero attached hydrogens (tertiary/aromatic N) is 3. The number of nitrogens with one attached hydrogen (secondary N) is 1. The maximum absolute atomic E-state index is 5.67. The Bertz CT molecular complexity index is 353. The minimum absolute atomic E-state index is 0.267. The van der Waals surface area contributed by atoms with E-state index in [0.29, 0.717) is 6.54 Å². The third-order valence-corrected chi connectivity index (χ3v) is 2.74. The molecule has 0 bridgehead atoms. The van der Waals surface area contributed by atoms with Crippen molar-refractivity contribution in [2.45, 2.75) is 33.2 Å². The predicted octanol–water partition coefficient (Wildman–Crippen LogP) is 1.39. The van der Waals surface area contributed by atoms with Gasteiger partial charge in [0.25, 0.3) is 0 Å². The summed E-state index contributed by atoms with van der Waals surface area (Å²) >= 11 is 0. The van der Waals surface area contributed by atoms with Crippen molar-refractivity contribution in [2.75, 3.05) is 30.4 Å². The van der Waals surface area contributed by atoms with Crippen LogP contribution in [0.2, 0.25) is 0 Å². The highest BCUT2D eigenvalue weighted by Gasteiger charge is 2.11. The molecule has 17 heavy (non-hydrogen) atoms. The normalized spacial score (nSPS) is 12.3. The lowest BCUT2D eigenvalue weighted by molar-refractivity contribution is 0.685. The topological polar surface area (TPSA) is 67.1 Å². The zero-order valence-corrected chi connectivity index (χ0v) is 11.2. The van der Waals surface area contributed by atoms with Gasteiger partial charge in [-0.15, -0.1) is 0 Å². The fourth-order valence-corrected chi connectivity index (χ4v) is 1.46. The third kappa shape index (κ3) is 3.85. The van der Waals surface area contributed by atoms with Gasteiger partial charge in [0.15, 0.2) is 0 Å². The Hall–Kier alpha value is -1.36. The van der Waals surface area contributed by atoms with Gasteiger partial charge in [0, 0.05) is 32.2 Å². The summed E-state index contributed by atoms with van der Waals surface area (Å²) in [4.78, 5) is 10.9. The Labute approximate surface area is 103 Å². The molecule has 96 valence electrons. The second-order valence-electron chi connectivity index (χ2n) is 4.28. The van der Waals surface area contributed by atoms with Crippen LogP contribution in [0.25, 0.3) is 0 Å². The van der Waals surface area contributed by atoms with E-state index >= 15 is 0 Å². The van der Waals surface area contributed by atoms with Crippen molar-refractivity contribution in [1.82, 2.24) is 9.97 Å². The van der Waals surface area contributed by atoms with E-state index in [0.717, 1.165) is 30.4 Å². The van der Waals surface area contributed by atoms with Gasteiger partial charge in [-0.25, -0.2) is 9.97 Å². The van der Waals surface area contributed by atoms with Crippen LogP contribution in [0.15, 0.2) is 6.07 Å². The molecule has 1 aromatic heterocycles. The van der Waals surface area contributed by atoms with Crippen LogP contribution in [0.4, 0.5) is 11.6 Å². The summed E-state index contributed by atoms with van der Waals surface area (Å²) in [6.45, 7) is 7.64. The summed E-state index contributed by atoms with van der Waals surface area (Å²) in [5.41, 5.74) is 5.67. The summed E-state index contributed by atoms with van der Waals surface area (Å²) in [5.74, 6) is 2.57. The van der Waals surface area contributed by atoms with E-state index in [9.17, 15) is 0 Å². The van der Waals surface area contributed by atoms with Crippen molar-refractivity contribution in [1.29, 1.82) is 0 Å². The molecule has 1 atom stereocenters. The van der Waals surface area contributed by atoms with Crippen LogP contribution in [0.3, 0.4) is 0 Å². The second-order valence-corrected chi connectivity index (χ2v) is 4.28. The van der Waals surface area contributed by atoms with Crippen molar-refractivity contribution in [3.8, 4) is 0 Å². The first-order valence-corrected chi connectivity index (χ1v) is 6.11. The number of nitrogens with two attached hydrogens (primary N) is 1. The van der Waals surface area contributed by atoms with Gasteiger partial charge in [-0.05, 0) is 20.3 Å². The van der Waals surface area contributed by atoms with E-state index in [2.05, 4.69) is 34.0 Å². The summed E-state index contributed by atoms with van der Waals surface area (Å²) in [6.07, 6.45) is 1.08. The SMILES string of the molecule is CCCNc1cc(N(C)C(C)CN)nc(C)n1. The van der Waals surface area contributed by atoms with Gasteiger partial charge in [0.2, 0.25) is 0 Å². The van der Waals surface area contributed by atoms with Gasteiger partial charge in [-0.2, -0.15) is 0 Å². The van der Waals surface area contributed by atoms with Gasteiger partial charge < -0.3 is 16.0 Å².